The van der Waals surface area contributed by atoms with Crippen LogP contribution in [0.15, 0.2) is 53.4 Å². The molecule has 0 unspecified atom stereocenters. The van der Waals surface area contributed by atoms with E-state index in [1.807, 2.05) is 19.1 Å². The molecule has 0 aliphatic rings. The number of ether oxygens (including phenoxy) is 1. The van der Waals surface area contributed by atoms with Crippen LogP contribution >= 0.6 is 0 Å². The lowest BCUT2D eigenvalue weighted by Crippen LogP contribution is -2.28. The van der Waals surface area contributed by atoms with E-state index in [1.54, 1.807) is 19.2 Å². The molecule has 2 rings (SSSR count). The maximum Gasteiger partial charge on any atom is 0.241 e. The molecule has 0 spiro atoms. The summed E-state index contributed by atoms with van der Waals surface area (Å²) in [5, 5.41) is 0. The second-order valence-corrected chi connectivity index (χ2v) is 6.52. The van der Waals surface area contributed by atoms with Crippen molar-refractivity contribution in [2.24, 2.45) is 0 Å². The highest BCUT2D eigenvalue weighted by Crippen LogP contribution is 2.22. The average molecular weight is 323 g/mol. The molecule has 0 amide bonds. The Labute approximate surface area is 130 Å². The van der Waals surface area contributed by atoms with Gasteiger partial charge in [0.05, 0.1) is 12.0 Å². The van der Waals surface area contributed by atoms with Crippen molar-refractivity contribution in [1.82, 2.24) is 4.72 Å². The summed E-state index contributed by atoms with van der Waals surface area (Å²) in [7, 11) is -2.13. The van der Waals surface area contributed by atoms with E-state index in [0.29, 0.717) is 12.2 Å². The SMILES string of the molecule is CC[C@H](NS(=O)(=O)c1ccc(F)cc1)c1ccc(OC)cc1. The lowest BCUT2D eigenvalue weighted by molar-refractivity contribution is 0.414. The van der Waals surface area contributed by atoms with Crippen molar-refractivity contribution >= 4 is 10.0 Å². The van der Waals surface area contributed by atoms with Gasteiger partial charge in [0.2, 0.25) is 10.0 Å². The van der Waals surface area contributed by atoms with E-state index in [2.05, 4.69) is 4.72 Å². The zero-order chi connectivity index (χ0) is 16.2. The Bertz CT molecular complexity index is 712. The number of nitrogens with one attached hydrogen (secondary N) is 1. The molecule has 2 aromatic carbocycles. The first-order chi connectivity index (χ1) is 10.5. The number of hydrogen-bond donors (Lipinski definition) is 1. The molecule has 0 fully saturated rings. The normalized spacial score (nSPS) is 12.9. The molecule has 0 radical (unpaired) electrons. The third kappa shape index (κ3) is 3.84. The fourth-order valence-corrected chi connectivity index (χ4v) is 3.40. The van der Waals surface area contributed by atoms with E-state index in [1.165, 1.54) is 12.1 Å². The molecule has 1 atom stereocenters. The predicted octanol–water partition coefficient (Wildman–Crippen LogP) is 3.26. The highest BCUT2D eigenvalue weighted by molar-refractivity contribution is 7.89. The van der Waals surface area contributed by atoms with Gasteiger partial charge in [-0.05, 0) is 48.4 Å². The standard InChI is InChI=1S/C16H18FNO3S/c1-3-16(12-4-8-14(21-2)9-5-12)18-22(19,20)15-10-6-13(17)7-11-15/h4-11,16,18H,3H2,1-2H3/t16-/m0/s1. The van der Waals surface area contributed by atoms with Crippen molar-refractivity contribution in [3.8, 4) is 5.75 Å². The minimum atomic E-state index is -3.70. The lowest BCUT2D eigenvalue weighted by atomic mass is 10.1. The molecule has 6 heteroatoms. The highest BCUT2D eigenvalue weighted by Gasteiger charge is 2.20. The summed E-state index contributed by atoms with van der Waals surface area (Å²) >= 11 is 0. The van der Waals surface area contributed by atoms with Crippen LogP contribution in [0, 0.1) is 5.82 Å². The minimum Gasteiger partial charge on any atom is -0.497 e. The molecular formula is C16H18FNO3S. The summed E-state index contributed by atoms with van der Waals surface area (Å²) in [5.41, 5.74) is 0.842. The summed E-state index contributed by atoms with van der Waals surface area (Å²) in [6.45, 7) is 1.89. The molecule has 118 valence electrons. The van der Waals surface area contributed by atoms with Gasteiger partial charge in [-0.2, -0.15) is 0 Å². The second kappa shape index (κ2) is 6.89. The molecule has 0 aliphatic heterocycles. The van der Waals surface area contributed by atoms with Crippen molar-refractivity contribution in [3.63, 3.8) is 0 Å². The Kier molecular flexibility index (Phi) is 5.15. The van der Waals surface area contributed by atoms with Gasteiger partial charge in [0.15, 0.2) is 0 Å². The second-order valence-electron chi connectivity index (χ2n) is 4.81. The predicted molar refractivity (Wildman–Crippen MR) is 82.7 cm³/mol. The number of methoxy groups -OCH3 is 1. The molecule has 0 saturated carbocycles. The molecule has 4 nitrogen and oxygen atoms in total. The van der Waals surface area contributed by atoms with Crippen molar-refractivity contribution in [1.29, 1.82) is 0 Å². The van der Waals surface area contributed by atoms with Crippen LogP contribution in [0.4, 0.5) is 4.39 Å². The maximum atomic E-state index is 12.9. The zero-order valence-corrected chi connectivity index (χ0v) is 13.2. The van der Waals surface area contributed by atoms with E-state index in [4.69, 9.17) is 4.74 Å². The Morgan fingerprint density at radius 1 is 1.09 bits per heavy atom. The Morgan fingerprint density at radius 2 is 1.68 bits per heavy atom. The van der Waals surface area contributed by atoms with Gasteiger partial charge in [-0.3, -0.25) is 0 Å². The fourth-order valence-electron chi connectivity index (χ4n) is 2.09. The van der Waals surface area contributed by atoms with Crippen LogP contribution in [0.25, 0.3) is 0 Å². The maximum absolute atomic E-state index is 12.9. The van der Waals surface area contributed by atoms with Gasteiger partial charge in [-0.1, -0.05) is 19.1 Å². The Morgan fingerprint density at radius 3 is 2.18 bits per heavy atom. The van der Waals surface area contributed by atoms with Crippen molar-refractivity contribution in [3.05, 3.63) is 59.9 Å². The van der Waals surface area contributed by atoms with Crippen LogP contribution < -0.4 is 9.46 Å². The van der Waals surface area contributed by atoms with E-state index in [9.17, 15) is 12.8 Å². The van der Waals surface area contributed by atoms with E-state index < -0.39 is 15.8 Å². The third-order valence-electron chi connectivity index (χ3n) is 3.35. The summed E-state index contributed by atoms with van der Waals surface area (Å²) in [6.07, 6.45) is 0.590. The molecule has 0 bridgehead atoms. The molecule has 0 aromatic heterocycles. The van der Waals surface area contributed by atoms with Gasteiger partial charge in [0, 0.05) is 6.04 Å². The van der Waals surface area contributed by atoms with Gasteiger partial charge < -0.3 is 4.74 Å². The molecule has 0 heterocycles. The van der Waals surface area contributed by atoms with Crippen LogP contribution in [0.5, 0.6) is 5.75 Å². The molecule has 22 heavy (non-hydrogen) atoms. The third-order valence-corrected chi connectivity index (χ3v) is 4.84. The minimum absolute atomic E-state index is 0.0425. The Hall–Kier alpha value is -1.92. The monoisotopic (exact) mass is 323 g/mol. The van der Waals surface area contributed by atoms with Gasteiger partial charge in [-0.25, -0.2) is 17.5 Å². The smallest absolute Gasteiger partial charge is 0.241 e. The van der Waals surface area contributed by atoms with Crippen LogP contribution in [-0.4, -0.2) is 15.5 Å². The lowest BCUT2D eigenvalue weighted by Gasteiger charge is -2.18. The van der Waals surface area contributed by atoms with Gasteiger partial charge >= 0.3 is 0 Å². The molecule has 0 aliphatic carbocycles. The van der Waals surface area contributed by atoms with Crippen molar-refractivity contribution in [2.75, 3.05) is 7.11 Å². The molecule has 2 aromatic rings. The van der Waals surface area contributed by atoms with Gasteiger partial charge in [0.1, 0.15) is 11.6 Å². The zero-order valence-electron chi connectivity index (χ0n) is 12.4. The van der Waals surface area contributed by atoms with E-state index >= 15 is 0 Å². The average Bonchev–Trinajstić information content (AvgIpc) is 2.53. The van der Waals surface area contributed by atoms with E-state index in [-0.39, 0.29) is 10.9 Å². The van der Waals surface area contributed by atoms with Gasteiger partial charge in [0.25, 0.3) is 0 Å². The number of rotatable bonds is 6. The summed E-state index contributed by atoms with van der Waals surface area (Å²) in [4.78, 5) is 0.0425. The van der Waals surface area contributed by atoms with E-state index in [0.717, 1.165) is 17.7 Å². The molecular weight excluding hydrogens is 305 g/mol. The van der Waals surface area contributed by atoms with Crippen molar-refractivity contribution in [2.45, 2.75) is 24.3 Å². The number of halogens is 1. The molecule has 1 N–H and O–H groups in total. The number of sulfonamides is 1. The summed E-state index contributed by atoms with van der Waals surface area (Å²) in [6, 6.07) is 11.6. The topological polar surface area (TPSA) is 55.4 Å². The van der Waals surface area contributed by atoms with Crippen LogP contribution in [0.3, 0.4) is 0 Å². The fraction of sp³-hybridized carbons (Fsp3) is 0.250. The first-order valence-corrected chi connectivity index (χ1v) is 8.36. The molecule has 0 saturated heterocycles. The quantitative estimate of drug-likeness (QED) is 0.888. The largest absolute Gasteiger partial charge is 0.497 e. The summed E-state index contributed by atoms with van der Waals surface area (Å²) in [5.74, 6) is 0.237. The van der Waals surface area contributed by atoms with Crippen molar-refractivity contribution < 1.29 is 17.5 Å². The van der Waals surface area contributed by atoms with Crippen LogP contribution in [-0.2, 0) is 10.0 Å². The Balaban J connectivity index is 2.22. The van der Waals surface area contributed by atoms with Crippen LogP contribution in [0.2, 0.25) is 0 Å². The summed E-state index contributed by atoms with van der Waals surface area (Å²) < 4.78 is 45.3. The number of hydrogen-bond acceptors (Lipinski definition) is 3. The highest BCUT2D eigenvalue weighted by atomic mass is 32.2. The van der Waals surface area contributed by atoms with Gasteiger partial charge in [-0.15, -0.1) is 0 Å². The van der Waals surface area contributed by atoms with Crippen LogP contribution in [0.1, 0.15) is 24.9 Å². The number of benzene rings is 2. The first-order valence-electron chi connectivity index (χ1n) is 6.88. The first kappa shape index (κ1) is 16.5.